The van der Waals surface area contributed by atoms with Crippen LogP contribution in [0.1, 0.15) is 28.4 Å². The Morgan fingerprint density at radius 3 is 2.32 bits per heavy atom. The van der Waals surface area contributed by atoms with Crippen molar-refractivity contribution in [3.05, 3.63) is 89.5 Å². The first-order valence-corrected chi connectivity index (χ1v) is 9.31. The van der Waals surface area contributed by atoms with Crippen molar-refractivity contribution in [3.63, 3.8) is 0 Å². The molecule has 1 unspecified atom stereocenters. The molecule has 4 heteroatoms. The van der Waals surface area contributed by atoms with E-state index in [0.29, 0.717) is 5.56 Å². The van der Waals surface area contributed by atoms with Crippen LogP contribution in [-0.2, 0) is 11.0 Å². The zero-order chi connectivity index (χ0) is 17.8. The monoisotopic (exact) mass is 349 g/mol. The molecule has 0 aromatic heterocycles. The number of carbonyl (C=O) groups excluding carboxylic acids is 1. The van der Waals surface area contributed by atoms with Gasteiger partial charge in [-0.15, -0.1) is 0 Å². The molecule has 0 saturated carbocycles. The Balaban J connectivity index is 2.05. The van der Waals surface area contributed by atoms with Crippen LogP contribution < -0.4 is 5.30 Å². The minimum atomic E-state index is -2.56. The Morgan fingerprint density at radius 1 is 0.960 bits per heavy atom. The van der Waals surface area contributed by atoms with Gasteiger partial charge in [0.05, 0.1) is 5.56 Å². The van der Waals surface area contributed by atoms with Crippen LogP contribution in [0.2, 0.25) is 0 Å². The van der Waals surface area contributed by atoms with Crippen molar-refractivity contribution < 1.29 is 14.3 Å². The average molecular weight is 349 g/mol. The van der Waals surface area contributed by atoms with Gasteiger partial charge in [0, 0.05) is 5.56 Å². The maximum absolute atomic E-state index is 12.8. The summed E-state index contributed by atoms with van der Waals surface area (Å²) in [6.07, 6.45) is 0.793. The summed E-state index contributed by atoms with van der Waals surface area (Å²) in [7, 11) is -2.56. The molecular weight excluding hydrogens is 331 g/mol. The quantitative estimate of drug-likeness (QED) is 0.545. The molecule has 0 amide bonds. The Morgan fingerprint density at radius 2 is 1.64 bits per heavy atom. The fraction of sp³-hybridized carbons (Fsp3) is 0.0952. The molecule has 0 aliphatic rings. The van der Waals surface area contributed by atoms with Crippen LogP contribution in [0.25, 0.3) is 11.1 Å². The van der Waals surface area contributed by atoms with Gasteiger partial charge in [-0.3, -0.25) is 4.79 Å². The number of hydrogen-bond acceptors (Lipinski definition) is 2. The van der Waals surface area contributed by atoms with Gasteiger partial charge >= 0.3 is 8.03 Å². The molecule has 0 saturated heterocycles. The zero-order valence-corrected chi connectivity index (χ0v) is 14.7. The van der Waals surface area contributed by atoms with Crippen molar-refractivity contribution in [1.82, 2.24) is 0 Å². The van der Waals surface area contributed by atoms with Crippen molar-refractivity contribution >= 4 is 19.1 Å². The fourth-order valence-corrected chi connectivity index (χ4v) is 3.51. The second-order valence-electron chi connectivity index (χ2n) is 5.71. The zero-order valence-electron chi connectivity index (χ0n) is 13.8. The lowest BCUT2D eigenvalue weighted by Crippen LogP contribution is -2.13. The maximum Gasteiger partial charge on any atom is 0.546 e. The molecule has 0 aliphatic carbocycles. The minimum absolute atomic E-state index is 0.174. The van der Waals surface area contributed by atoms with Crippen molar-refractivity contribution in [2.45, 2.75) is 13.3 Å². The van der Waals surface area contributed by atoms with Crippen LogP contribution in [0.5, 0.6) is 0 Å². The molecule has 3 rings (SSSR count). The first kappa shape index (κ1) is 17.2. The van der Waals surface area contributed by atoms with E-state index in [0.717, 1.165) is 23.1 Å². The fourth-order valence-electron chi connectivity index (χ4n) is 2.91. The third kappa shape index (κ3) is 3.58. The van der Waals surface area contributed by atoms with Gasteiger partial charge in [-0.05, 0) is 45.9 Å². The molecule has 124 valence electrons. The lowest BCUT2D eigenvalue weighted by atomic mass is 9.93. The van der Waals surface area contributed by atoms with E-state index >= 15 is 0 Å². The Hall–Kier alpha value is -2.61. The smallest absolute Gasteiger partial charge is 0.288 e. The van der Waals surface area contributed by atoms with Crippen molar-refractivity contribution in [2.75, 3.05) is 0 Å². The van der Waals surface area contributed by atoms with Crippen LogP contribution in [0.15, 0.2) is 72.8 Å². The van der Waals surface area contributed by atoms with Gasteiger partial charge in [0.15, 0.2) is 5.78 Å². The molecular formula is C21H18O3P+. The molecule has 0 heterocycles. The van der Waals surface area contributed by atoms with E-state index in [9.17, 15) is 14.3 Å². The summed E-state index contributed by atoms with van der Waals surface area (Å²) in [6, 6.07) is 22.1. The molecule has 3 aromatic rings. The van der Waals surface area contributed by atoms with Crippen LogP contribution in [-0.4, -0.2) is 10.7 Å². The normalized spacial score (nSPS) is 11.2. The molecule has 3 aromatic carbocycles. The number of aryl methyl sites for hydroxylation is 1. The Kier molecular flexibility index (Phi) is 5.18. The summed E-state index contributed by atoms with van der Waals surface area (Å²) >= 11 is 0. The number of benzene rings is 3. The van der Waals surface area contributed by atoms with Crippen LogP contribution in [0.4, 0.5) is 0 Å². The van der Waals surface area contributed by atoms with Gasteiger partial charge < -0.3 is 0 Å². The minimum Gasteiger partial charge on any atom is -0.288 e. The van der Waals surface area contributed by atoms with Gasteiger partial charge in [0.1, 0.15) is 0 Å². The predicted octanol–water partition coefficient (Wildman–Crippen LogP) is 4.51. The van der Waals surface area contributed by atoms with Crippen LogP contribution in [0, 0.1) is 0 Å². The summed E-state index contributed by atoms with van der Waals surface area (Å²) in [5.74, 6) is -0.234. The number of carbonyl (C=O) groups is 1. The SMILES string of the molecule is CCc1cc(C(=O)c2ccccc2[P+](=O)O)ccc1-c1ccccc1. The maximum atomic E-state index is 12.8. The average Bonchev–Trinajstić information content (AvgIpc) is 2.67. The second-order valence-corrected chi connectivity index (χ2v) is 6.74. The Bertz CT molecular complexity index is 933. The third-order valence-electron chi connectivity index (χ3n) is 4.19. The molecule has 1 atom stereocenters. The molecule has 0 aliphatic heterocycles. The van der Waals surface area contributed by atoms with Crippen molar-refractivity contribution in [2.24, 2.45) is 0 Å². The van der Waals surface area contributed by atoms with Gasteiger partial charge in [-0.1, -0.05) is 61.5 Å². The largest absolute Gasteiger partial charge is 0.546 e. The van der Waals surface area contributed by atoms with Crippen LogP contribution in [0.3, 0.4) is 0 Å². The molecule has 3 nitrogen and oxygen atoms in total. The van der Waals surface area contributed by atoms with E-state index in [1.165, 1.54) is 6.07 Å². The summed E-state index contributed by atoms with van der Waals surface area (Å²) in [5.41, 5.74) is 4.09. The van der Waals surface area contributed by atoms with E-state index in [1.807, 2.05) is 42.5 Å². The highest BCUT2D eigenvalue weighted by molar-refractivity contribution is 7.47. The van der Waals surface area contributed by atoms with Crippen LogP contribution >= 0.6 is 8.03 Å². The highest BCUT2D eigenvalue weighted by Gasteiger charge is 2.26. The molecule has 0 radical (unpaired) electrons. The standard InChI is InChI=1S/C21H17O3P/c1-2-15-14-17(12-13-18(15)16-8-4-3-5-9-16)21(22)19-10-6-7-11-20(19)25(23)24/h3-14H,2H2,1H3/p+1. The van der Waals surface area contributed by atoms with Gasteiger partial charge in [0.25, 0.3) is 0 Å². The lowest BCUT2D eigenvalue weighted by molar-refractivity contribution is 0.103. The second kappa shape index (κ2) is 7.52. The first-order chi connectivity index (χ1) is 12.1. The van der Waals surface area contributed by atoms with Gasteiger partial charge in [0.2, 0.25) is 5.30 Å². The van der Waals surface area contributed by atoms with E-state index in [2.05, 4.69) is 6.92 Å². The molecule has 0 spiro atoms. The highest BCUT2D eigenvalue weighted by Crippen LogP contribution is 2.26. The number of hydrogen-bond donors (Lipinski definition) is 1. The van der Waals surface area contributed by atoms with E-state index < -0.39 is 8.03 Å². The third-order valence-corrected chi connectivity index (χ3v) is 4.99. The number of ketones is 1. The molecule has 1 N–H and O–H groups in total. The lowest BCUT2D eigenvalue weighted by Gasteiger charge is -2.10. The molecule has 0 fully saturated rings. The highest BCUT2D eigenvalue weighted by atomic mass is 31.1. The topological polar surface area (TPSA) is 54.4 Å². The first-order valence-electron chi connectivity index (χ1n) is 8.10. The van der Waals surface area contributed by atoms with E-state index in [4.69, 9.17) is 0 Å². The Labute approximate surface area is 147 Å². The number of rotatable bonds is 5. The summed E-state index contributed by atoms with van der Waals surface area (Å²) in [4.78, 5) is 22.3. The van der Waals surface area contributed by atoms with Crippen molar-refractivity contribution in [1.29, 1.82) is 0 Å². The van der Waals surface area contributed by atoms with E-state index in [1.54, 1.807) is 24.3 Å². The van der Waals surface area contributed by atoms with Crippen molar-refractivity contribution in [3.8, 4) is 11.1 Å². The molecule has 0 bridgehead atoms. The van der Waals surface area contributed by atoms with Gasteiger partial charge in [-0.2, -0.15) is 4.89 Å². The summed E-state index contributed by atoms with van der Waals surface area (Å²) < 4.78 is 11.5. The molecule has 25 heavy (non-hydrogen) atoms. The predicted molar refractivity (Wildman–Crippen MR) is 101 cm³/mol. The summed E-state index contributed by atoms with van der Waals surface area (Å²) in [6.45, 7) is 2.05. The summed E-state index contributed by atoms with van der Waals surface area (Å²) in [5, 5.41) is 0.174. The van der Waals surface area contributed by atoms with E-state index in [-0.39, 0.29) is 16.7 Å². The van der Waals surface area contributed by atoms with Gasteiger partial charge in [-0.25, -0.2) is 0 Å².